The molecule has 0 aliphatic carbocycles. The molecule has 0 bridgehead atoms. The molecule has 0 spiro atoms. The quantitative estimate of drug-likeness (QED) is 0.734. The minimum Gasteiger partial charge on any atom is -0.274 e. The molecule has 6 heteroatoms. The van der Waals surface area contributed by atoms with Gasteiger partial charge in [0.2, 0.25) is 0 Å². The van der Waals surface area contributed by atoms with Crippen LogP contribution in [0.5, 0.6) is 0 Å². The Hall–Kier alpha value is -1.54. The number of carbonyl (C=O) groups is 1. The number of nitriles is 1. The van der Waals surface area contributed by atoms with E-state index in [0.717, 1.165) is 6.20 Å². The van der Waals surface area contributed by atoms with Crippen molar-refractivity contribution in [2.45, 2.75) is 13.3 Å². The highest BCUT2D eigenvalue weighted by atomic mass is 35.5. The maximum absolute atomic E-state index is 12.6. The SMILES string of the molecule is Cc1c(C#N)cnc(C(=O)Cl)c1C(F)F. The highest BCUT2D eigenvalue weighted by molar-refractivity contribution is 6.67. The molecule has 1 rings (SSSR count). The van der Waals surface area contributed by atoms with Crippen LogP contribution in [0.1, 0.15) is 33.6 Å². The second kappa shape index (κ2) is 4.32. The third-order valence-electron chi connectivity index (χ3n) is 1.91. The largest absolute Gasteiger partial charge is 0.274 e. The number of carbonyl (C=O) groups excluding carboxylic acids is 1. The lowest BCUT2D eigenvalue weighted by Gasteiger charge is -2.08. The number of halogens is 3. The first-order valence-corrected chi connectivity index (χ1v) is 4.24. The molecular formula is C9H5ClF2N2O. The van der Waals surface area contributed by atoms with Gasteiger partial charge in [-0.1, -0.05) is 0 Å². The molecule has 78 valence electrons. The molecule has 0 radical (unpaired) electrons. The first-order chi connectivity index (χ1) is 6.99. The Morgan fingerprint density at radius 2 is 2.27 bits per heavy atom. The molecule has 0 amide bonds. The minimum atomic E-state index is -2.89. The maximum atomic E-state index is 12.6. The van der Waals surface area contributed by atoms with Gasteiger partial charge in [0.1, 0.15) is 11.8 Å². The van der Waals surface area contributed by atoms with Crippen LogP contribution in [0.2, 0.25) is 0 Å². The summed E-state index contributed by atoms with van der Waals surface area (Å²) >= 11 is 5.10. The lowest BCUT2D eigenvalue weighted by atomic mass is 10.0. The zero-order valence-electron chi connectivity index (χ0n) is 7.59. The van der Waals surface area contributed by atoms with Gasteiger partial charge in [0.25, 0.3) is 11.7 Å². The van der Waals surface area contributed by atoms with Gasteiger partial charge in [-0.05, 0) is 24.1 Å². The predicted molar refractivity (Wildman–Crippen MR) is 48.8 cm³/mol. The molecule has 3 nitrogen and oxygen atoms in total. The summed E-state index contributed by atoms with van der Waals surface area (Å²) in [5.74, 6) is 0. The van der Waals surface area contributed by atoms with Crippen molar-refractivity contribution in [1.82, 2.24) is 4.98 Å². The standard InChI is InChI=1S/C9H5ClF2N2O/c1-4-5(2-13)3-14-7(8(10)15)6(4)9(11)12/h3,9H,1H3. The van der Waals surface area contributed by atoms with Crippen LogP contribution in [0.25, 0.3) is 0 Å². The van der Waals surface area contributed by atoms with E-state index in [1.165, 1.54) is 6.92 Å². The summed E-state index contributed by atoms with van der Waals surface area (Å²) < 4.78 is 25.2. The molecule has 0 aliphatic heterocycles. The summed E-state index contributed by atoms with van der Waals surface area (Å²) in [6.45, 7) is 1.32. The van der Waals surface area contributed by atoms with Crippen LogP contribution in [-0.2, 0) is 0 Å². The highest BCUT2D eigenvalue weighted by Gasteiger charge is 2.22. The fourth-order valence-electron chi connectivity index (χ4n) is 1.15. The number of hydrogen-bond acceptors (Lipinski definition) is 3. The van der Waals surface area contributed by atoms with E-state index in [2.05, 4.69) is 4.98 Å². The third kappa shape index (κ3) is 2.10. The van der Waals surface area contributed by atoms with Crippen LogP contribution in [0.3, 0.4) is 0 Å². The fraction of sp³-hybridized carbons (Fsp3) is 0.222. The van der Waals surface area contributed by atoms with Crippen LogP contribution in [0.15, 0.2) is 6.20 Å². The van der Waals surface area contributed by atoms with E-state index in [9.17, 15) is 13.6 Å². The first kappa shape index (κ1) is 11.5. The molecule has 0 N–H and O–H groups in total. The second-order valence-corrected chi connectivity index (χ2v) is 3.09. The van der Waals surface area contributed by atoms with Crippen molar-refractivity contribution in [3.05, 3.63) is 28.6 Å². The van der Waals surface area contributed by atoms with E-state index >= 15 is 0 Å². The number of aromatic nitrogens is 1. The van der Waals surface area contributed by atoms with Gasteiger partial charge in [-0.15, -0.1) is 0 Å². The Bertz CT molecular complexity index is 454. The van der Waals surface area contributed by atoms with Crippen LogP contribution in [0, 0.1) is 18.3 Å². The van der Waals surface area contributed by atoms with E-state index in [1.807, 2.05) is 0 Å². The Kier molecular flexibility index (Phi) is 3.32. The summed E-state index contributed by atoms with van der Waals surface area (Å²) in [6.07, 6.45) is -1.83. The van der Waals surface area contributed by atoms with Crippen molar-refractivity contribution in [2.24, 2.45) is 0 Å². The van der Waals surface area contributed by atoms with Gasteiger partial charge in [-0.2, -0.15) is 5.26 Å². The van der Waals surface area contributed by atoms with Gasteiger partial charge in [0.15, 0.2) is 0 Å². The van der Waals surface area contributed by atoms with E-state index in [0.29, 0.717) is 0 Å². The van der Waals surface area contributed by atoms with Crippen LogP contribution in [-0.4, -0.2) is 10.2 Å². The van der Waals surface area contributed by atoms with Crippen molar-refractivity contribution in [3.8, 4) is 6.07 Å². The summed E-state index contributed by atoms with van der Waals surface area (Å²) in [6, 6.07) is 1.71. The van der Waals surface area contributed by atoms with Crippen LogP contribution >= 0.6 is 11.6 Å². The molecule has 0 atom stereocenters. The Morgan fingerprint density at radius 1 is 1.67 bits per heavy atom. The van der Waals surface area contributed by atoms with Crippen LogP contribution in [0.4, 0.5) is 8.78 Å². The maximum Gasteiger partial charge on any atom is 0.271 e. The summed E-state index contributed by atoms with van der Waals surface area (Å²) in [5, 5.41) is 7.54. The van der Waals surface area contributed by atoms with E-state index in [4.69, 9.17) is 16.9 Å². The number of nitrogens with zero attached hydrogens (tertiary/aromatic N) is 2. The molecule has 0 saturated heterocycles. The number of rotatable bonds is 2. The Labute approximate surface area is 89.3 Å². The number of alkyl halides is 2. The molecule has 0 fully saturated rings. The molecule has 0 unspecified atom stereocenters. The third-order valence-corrected chi connectivity index (χ3v) is 2.09. The second-order valence-electron chi connectivity index (χ2n) is 2.75. The zero-order chi connectivity index (χ0) is 11.6. The Balaban J connectivity index is 3.53. The van der Waals surface area contributed by atoms with Gasteiger partial charge >= 0.3 is 0 Å². The molecule has 0 aromatic carbocycles. The average molecular weight is 231 g/mol. The Morgan fingerprint density at radius 3 is 2.67 bits per heavy atom. The van der Waals surface area contributed by atoms with Crippen molar-refractivity contribution < 1.29 is 13.6 Å². The molecular weight excluding hydrogens is 226 g/mol. The fourth-order valence-corrected chi connectivity index (χ4v) is 1.31. The van der Waals surface area contributed by atoms with Gasteiger partial charge in [0.05, 0.1) is 11.1 Å². The zero-order valence-corrected chi connectivity index (χ0v) is 8.35. The lowest BCUT2D eigenvalue weighted by Crippen LogP contribution is -2.06. The first-order valence-electron chi connectivity index (χ1n) is 3.86. The van der Waals surface area contributed by atoms with Gasteiger partial charge in [0, 0.05) is 6.20 Å². The van der Waals surface area contributed by atoms with E-state index in [-0.39, 0.29) is 11.1 Å². The highest BCUT2D eigenvalue weighted by Crippen LogP contribution is 2.27. The minimum absolute atomic E-state index is 0.00645. The lowest BCUT2D eigenvalue weighted by molar-refractivity contribution is 0.106. The summed E-state index contributed by atoms with van der Waals surface area (Å²) in [7, 11) is 0. The van der Waals surface area contributed by atoms with Gasteiger partial charge in [-0.25, -0.2) is 13.8 Å². The summed E-state index contributed by atoms with van der Waals surface area (Å²) in [5.41, 5.74) is -1.03. The molecule has 1 aromatic heterocycles. The molecule has 1 heterocycles. The van der Waals surface area contributed by atoms with Gasteiger partial charge in [-0.3, -0.25) is 4.79 Å². The topological polar surface area (TPSA) is 53.8 Å². The van der Waals surface area contributed by atoms with Crippen LogP contribution < -0.4 is 0 Å². The van der Waals surface area contributed by atoms with E-state index in [1.54, 1.807) is 6.07 Å². The normalized spacial score (nSPS) is 10.1. The van der Waals surface area contributed by atoms with Crippen molar-refractivity contribution in [1.29, 1.82) is 5.26 Å². The molecule has 0 aliphatic rings. The number of hydrogen-bond donors (Lipinski definition) is 0. The van der Waals surface area contributed by atoms with Crippen molar-refractivity contribution >= 4 is 16.8 Å². The monoisotopic (exact) mass is 230 g/mol. The number of pyridine rings is 1. The molecule has 0 saturated carbocycles. The molecule has 15 heavy (non-hydrogen) atoms. The van der Waals surface area contributed by atoms with Crippen molar-refractivity contribution in [3.63, 3.8) is 0 Å². The predicted octanol–water partition coefficient (Wildman–Crippen LogP) is 2.58. The van der Waals surface area contributed by atoms with E-state index < -0.39 is 22.9 Å². The average Bonchev–Trinajstić information content (AvgIpc) is 2.16. The summed E-state index contributed by atoms with van der Waals surface area (Å²) in [4.78, 5) is 14.3. The van der Waals surface area contributed by atoms with Gasteiger partial charge < -0.3 is 0 Å². The smallest absolute Gasteiger partial charge is 0.271 e. The molecule has 1 aromatic rings. The van der Waals surface area contributed by atoms with Crippen molar-refractivity contribution in [2.75, 3.05) is 0 Å².